The highest BCUT2D eigenvalue weighted by Gasteiger charge is 2.23. The molecule has 0 fully saturated rings. The van der Waals surface area contributed by atoms with Gasteiger partial charge in [0.25, 0.3) is 5.69 Å². The minimum Gasteiger partial charge on any atom is -0.481 e. The Morgan fingerprint density at radius 2 is 1.83 bits per heavy atom. The Hall–Kier alpha value is -4.24. The molecule has 5 rings (SSSR count). The molecule has 8 nitrogen and oxygen atoms in total. The molecule has 1 aliphatic rings. The number of allylic oxidation sites excluding steroid dienone is 1. The maximum absolute atomic E-state index is 11.7. The number of aromatic amines is 1. The molecular weight excluding hydrogens is 464 g/mol. The summed E-state index contributed by atoms with van der Waals surface area (Å²) in [6.07, 6.45) is 2.18. The second kappa shape index (κ2) is 9.19. The van der Waals surface area contributed by atoms with Crippen LogP contribution in [0, 0.1) is 10.1 Å². The highest BCUT2D eigenvalue weighted by Crippen LogP contribution is 2.43. The Labute approximate surface area is 204 Å². The van der Waals surface area contributed by atoms with E-state index in [0.29, 0.717) is 17.0 Å². The van der Waals surface area contributed by atoms with Crippen LogP contribution in [0.25, 0.3) is 34.2 Å². The normalized spacial score (nSPS) is 14.4. The number of H-pyrrole nitrogens is 1. The number of benzene rings is 3. The Kier molecular flexibility index (Phi) is 5.92. The van der Waals surface area contributed by atoms with E-state index in [1.54, 1.807) is 6.07 Å². The average Bonchev–Trinajstić information content (AvgIpc) is 3.47. The summed E-state index contributed by atoms with van der Waals surface area (Å²) in [6.45, 7) is 2.18. The molecule has 0 saturated heterocycles. The fourth-order valence-corrected chi connectivity index (χ4v) is 4.80. The average molecular weight is 485 g/mol. The van der Waals surface area contributed by atoms with E-state index in [4.69, 9.17) is 5.11 Å². The smallest absolute Gasteiger partial charge is 0.313 e. The van der Waals surface area contributed by atoms with E-state index in [9.17, 15) is 14.9 Å². The lowest BCUT2D eigenvalue weighted by molar-refractivity contribution is -0.384. The van der Waals surface area contributed by atoms with Crippen LogP contribution < -0.4 is 0 Å². The fraction of sp³-hybridized carbons (Fsp3) is 0.115. The number of nitrogens with one attached hydrogen (secondary N) is 1. The minimum atomic E-state index is -0.977. The number of rotatable bonds is 7. The van der Waals surface area contributed by atoms with Gasteiger partial charge in [-0.15, -0.1) is 5.10 Å². The zero-order valence-corrected chi connectivity index (χ0v) is 19.5. The van der Waals surface area contributed by atoms with E-state index in [1.807, 2.05) is 30.3 Å². The highest BCUT2D eigenvalue weighted by atomic mass is 32.2. The van der Waals surface area contributed by atoms with Crippen molar-refractivity contribution in [2.45, 2.75) is 18.0 Å². The molecule has 1 heterocycles. The van der Waals surface area contributed by atoms with Gasteiger partial charge in [-0.05, 0) is 45.5 Å². The summed E-state index contributed by atoms with van der Waals surface area (Å²) < 4.78 is 0. The first-order chi connectivity index (χ1) is 16.9. The zero-order chi connectivity index (χ0) is 24.5. The molecule has 2 N–H and O–H groups in total. The van der Waals surface area contributed by atoms with Crippen LogP contribution in [0.15, 0.2) is 71.9 Å². The summed E-state index contributed by atoms with van der Waals surface area (Å²) in [5.74, 6) is -0.569. The molecule has 0 aliphatic heterocycles. The van der Waals surface area contributed by atoms with Crippen molar-refractivity contribution in [2.75, 3.05) is 5.75 Å². The van der Waals surface area contributed by atoms with Crippen molar-refractivity contribution in [3.63, 3.8) is 0 Å². The van der Waals surface area contributed by atoms with Crippen LogP contribution in [0.5, 0.6) is 0 Å². The van der Waals surface area contributed by atoms with E-state index in [2.05, 4.69) is 52.4 Å². The van der Waals surface area contributed by atoms with Crippen LogP contribution >= 0.6 is 11.8 Å². The lowest BCUT2D eigenvalue weighted by Crippen LogP contribution is -1.97. The van der Waals surface area contributed by atoms with Crippen LogP contribution in [0.4, 0.5) is 5.69 Å². The monoisotopic (exact) mass is 484 g/mol. The lowest BCUT2D eigenvalue weighted by atomic mass is 9.92. The number of aromatic nitrogens is 3. The van der Waals surface area contributed by atoms with Crippen molar-refractivity contribution >= 4 is 35.1 Å². The van der Waals surface area contributed by atoms with Crippen LogP contribution in [-0.4, -0.2) is 36.9 Å². The number of carbonyl (C=O) groups is 1. The zero-order valence-electron chi connectivity index (χ0n) is 18.6. The molecule has 1 aliphatic carbocycles. The van der Waals surface area contributed by atoms with Gasteiger partial charge in [0.1, 0.15) is 0 Å². The summed E-state index contributed by atoms with van der Waals surface area (Å²) in [7, 11) is 0. The number of fused-ring (bicyclic) bond motifs is 1. The molecule has 0 amide bonds. The predicted molar refractivity (Wildman–Crippen MR) is 135 cm³/mol. The van der Waals surface area contributed by atoms with E-state index in [0.717, 1.165) is 22.9 Å². The number of carboxylic acids is 1. The van der Waals surface area contributed by atoms with Crippen molar-refractivity contribution in [2.24, 2.45) is 0 Å². The van der Waals surface area contributed by atoms with Gasteiger partial charge < -0.3 is 5.11 Å². The van der Waals surface area contributed by atoms with Gasteiger partial charge in [-0.2, -0.15) is 0 Å². The summed E-state index contributed by atoms with van der Waals surface area (Å²) in [4.78, 5) is 26.3. The van der Waals surface area contributed by atoms with Gasteiger partial charge in [0.2, 0.25) is 5.16 Å². The summed E-state index contributed by atoms with van der Waals surface area (Å²) >= 11 is 0.974. The van der Waals surface area contributed by atoms with E-state index in [-0.39, 0.29) is 22.5 Å². The number of hydrogen-bond acceptors (Lipinski definition) is 6. The Morgan fingerprint density at radius 3 is 2.57 bits per heavy atom. The van der Waals surface area contributed by atoms with E-state index < -0.39 is 10.9 Å². The Bertz CT molecular complexity index is 1480. The van der Waals surface area contributed by atoms with Crippen molar-refractivity contribution in [3.05, 3.63) is 93.5 Å². The summed E-state index contributed by atoms with van der Waals surface area (Å²) in [5.41, 5.74) is 6.69. The van der Waals surface area contributed by atoms with Crippen LogP contribution in [0.2, 0.25) is 0 Å². The van der Waals surface area contributed by atoms with Crippen LogP contribution in [-0.2, 0) is 4.79 Å². The van der Waals surface area contributed by atoms with Gasteiger partial charge in [-0.3, -0.25) is 20.0 Å². The molecule has 4 aromatic rings. The number of nitrogens with zero attached hydrogens (tertiary/aromatic N) is 3. The number of non-ortho nitro benzene ring substituents is 1. The maximum Gasteiger partial charge on any atom is 0.313 e. The SMILES string of the molecule is CC1C(c2ccccc2)=Cc2cc(-c3cc(-c4nc(SCC(=O)O)n[nH]4)cc([N+](=O)[O-])c3)ccc21. The number of nitro benzene ring substituents is 1. The van der Waals surface area contributed by atoms with Crippen molar-refractivity contribution in [1.82, 2.24) is 15.2 Å². The van der Waals surface area contributed by atoms with Gasteiger partial charge in [0.15, 0.2) is 5.82 Å². The molecular formula is C26H20N4O4S. The number of aliphatic carboxylic acids is 1. The molecule has 1 aromatic heterocycles. The van der Waals surface area contributed by atoms with Gasteiger partial charge in [0, 0.05) is 23.6 Å². The Balaban J connectivity index is 1.52. The maximum atomic E-state index is 11.7. The molecule has 0 saturated carbocycles. The molecule has 3 aromatic carbocycles. The van der Waals surface area contributed by atoms with Gasteiger partial charge >= 0.3 is 5.97 Å². The first kappa shape index (κ1) is 22.5. The molecule has 35 heavy (non-hydrogen) atoms. The van der Waals surface area contributed by atoms with Crippen molar-refractivity contribution in [1.29, 1.82) is 0 Å². The highest BCUT2D eigenvalue weighted by molar-refractivity contribution is 7.99. The molecule has 0 bridgehead atoms. The third kappa shape index (κ3) is 4.58. The van der Waals surface area contributed by atoms with Crippen LogP contribution in [0.3, 0.4) is 0 Å². The molecule has 174 valence electrons. The fourth-order valence-electron chi connectivity index (χ4n) is 4.28. The van der Waals surface area contributed by atoms with E-state index >= 15 is 0 Å². The number of carboxylic acid groups (broad SMARTS) is 1. The molecule has 0 spiro atoms. The molecule has 1 unspecified atom stereocenters. The second-order valence-corrected chi connectivity index (χ2v) is 9.15. The van der Waals surface area contributed by atoms with Gasteiger partial charge in [-0.1, -0.05) is 67.2 Å². The Morgan fingerprint density at radius 1 is 1.06 bits per heavy atom. The number of nitro groups is 1. The predicted octanol–water partition coefficient (Wildman–Crippen LogP) is 5.88. The largest absolute Gasteiger partial charge is 0.481 e. The molecule has 1 atom stereocenters. The van der Waals surface area contributed by atoms with E-state index in [1.165, 1.54) is 22.8 Å². The summed E-state index contributed by atoms with van der Waals surface area (Å²) in [6, 6.07) is 21.2. The van der Waals surface area contributed by atoms with Crippen LogP contribution in [0.1, 0.15) is 29.5 Å². The number of hydrogen-bond donors (Lipinski definition) is 2. The van der Waals surface area contributed by atoms with Crippen molar-refractivity contribution in [3.8, 4) is 22.5 Å². The third-order valence-electron chi connectivity index (χ3n) is 5.96. The summed E-state index contributed by atoms with van der Waals surface area (Å²) in [5, 5.41) is 27.6. The van der Waals surface area contributed by atoms with Gasteiger partial charge in [0.05, 0.1) is 10.7 Å². The first-order valence-electron chi connectivity index (χ1n) is 10.9. The minimum absolute atomic E-state index is 0.0666. The number of thioether (sulfide) groups is 1. The van der Waals surface area contributed by atoms with Crippen molar-refractivity contribution < 1.29 is 14.8 Å². The topological polar surface area (TPSA) is 122 Å². The molecule has 9 heteroatoms. The quantitative estimate of drug-likeness (QED) is 0.191. The molecule has 0 radical (unpaired) electrons. The second-order valence-electron chi connectivity index (χ2n) is 8.21. The third-order valence-corrected chi connectivity index (χ3v) is 6.79. The first-order valence-corrected chi connectivity index (χ1v) is 11.9. The standard InChI is InChI=1S/C26H20N4O4S/c1-15-22-8-7-17(9-19(22)13-23(15)16-5-3-2-4-6-16)18-10-20(12-21(11-18)30(33)34)25-27-26(29-28-25)35-14-24(31)32/h2-13,15H,14H2,1H3,(H,31,32)(H,27,28,29). The lowest BCUT2D eigenvalue weighted by Gasteiger charge is -2.12. The van der Waals surface area contributed by atoms with Gasteiger partial charge in [-0.25, -0.2) is 4.98 Å².